The van der Waals surface area contributed by atoms with E-state index in [2.05, 4.69) is 9.98 Å². The Balaban J connectivity index is 2.32. The van der Waals surface area contributed by atoms with Gasteiger partial charge in [-0.1, -0.05) is 6.07 Å². The fourth-order valence-corrected chi connectivity index (χ4v) is 1.64. The molecule has 1 heterocycles. The third-order valence-corrected chi connectivity index (χ3v) is 2.66. The molecule has 2 atom stereocenters. The third kappa shape index (κ3) is 2.22. The van der Waals surface area contributed by atoms with Gasteiger partial charge < -0.3 is 11.5 Å². The molecule has 0 saturated heterocycles. The van der Waals surface area contributed by atoms with Crippen molar-refractivity contribution in [2.24, 2.45) is 21.5 Å². The summed E-state index contributed by atoms with van der Waals surface area (Å²) in [5.74, 6) is -1.32. The number of hydrogen-bond acceptors (Lipinski definition) is 4. The van der Waals surface area contributed by atoms with E-state index in [4.69, 9.17) is 11.5 Å². The lowest BCUT2D eigenvalue weighted by atomic mass is 9.97. The SMILES string of the molecule is NC1N=CC=NC1(N)Cc1c(F)cccc1F. The van der Waals surface area contributed by atoms with Crippen LogP contribution in [0.5, 0.6) is 0 Å². The molecule has 0 fully saturated rings. The predicted molar refractivity (Wildman–Crippen MR) is 61.9 cm³/mol. The first-order valence-electron chi connectivity index (χ1n) is 5.07. The van der Waals surface area contributed by atoms with Gasteiger partial charge in [-0.25, -0.2) is 8.78 Å². The number of hydrogen-bond donors (Lipinski definition) is 2. The Morgan fingerprint density at radius 1 is 1.24 bits per heavy atom. The number of aliphatic imine (C=N–C) groups is 2. The van der Waals surface area contributed by atoms with Crippen LogP contribution in [0, 0.1) is 11.6 Å². The van der Waals surface area contributed by atoms with Crippen molar-refractivity contribution in [3.8, 4) is 0 Å². The highest BCUT2D eigenvalue weighted by Crippen LogP contribution is 2.22. The number of nitrogens with zero attached hydrogens (tertiary/aromatic N) is 2. The summed E-state index contributed by atoms with van der Waals surface area (Å²) < 4.78 is 27.0. The van der Waals surface area contributed by atoms with Crippen LogP contribution in [-0.4, -0.2) is 24.3 Å². The maximum absolute atomic E-state index is 13.5. The van der Waals surface area contributed by atoms with Gasteiger partial charge in [0, 0.05) is 24.4 Å². The summed E-state index contributed by atoms with van der Waals surface area (Å²) in [7, 11) is 0. The van der Waals surface area contributed by atoms with Gasteiger partial charge in [0.05, 0.1) is 0 Å². The van der Waals surface area contributed by atoms with Crippen molar-refractivity contribution in [1.82, 2.24) is 0 Å². The number of nitrogens with two attached hydrogens (primary N) is 2. The summed E-state index contributed by atoms with van der Waals surface area (Å²) in [6, 6.07) is 3.63. The molecule has 4 N–H and O–H groups in total. The summed E-state index contributed by atoms with van der Waals surface area (Å²) in [5.41, 5.74) is 10.1. The van der Waals surface area contributed by atoms with Gasteiger partial charge >= 0.3 is 0 Å². The molecule has 0 amide bonds. The Kier molecular flexibility index (Phi) is 2.99. The van der Waals surface area contributed by atoms with Crippen LogP contribution in [0.2, 0.25) is 0 Å². The fraction of sp³-hybridized carbons (Fsp3) is 0.273. The number of rotatable bonds is 2. The van der Waals surface area contributed by atoms with Gasteiger partial charge in [0.2, 0.25) is 0 Å². The molecule has 0 bridgehead atoms. The first-order valence-corrected chi connectivity index (χ1v) is 5.07. The largest absolute Gasteiger partial charge is 0.307 e. The zero-order chi connectivity index (χ0) is 12.5. The van der Waals surface area contributed by atoms with Gasteiger partial charge in [-0.15, -0.1) is 0 Å². The second-order valence-corrected chi connectivity index (χ2v) is 3.89. The van der Waals surface area contributed by atoms with Crippen molar-refractivity contribution < 1.29 is 8.78 Å². The highest BCUT2D eigenvalue weighted by molar-refractivity contribution is 6.16. The third-order valence-electron chi connectivity index (χ3n) is 2.66. The first kappa shape index (κ1) is 11.8. The van der Waals surface area contributed by atoms with Gasteiger partial charge in [-0.2, -0.15) is 0 Å². The minimum atomic E-state index is -1.31. The molecule has 0 spiro atoms. The van der Waals surface area contributed by atoms with Crippen molar-refractivity contribution in [2.45, 2.75) is 18.2 Å². The minimum absolute atomic E-state index is 0.125. The molecule has 0 aliphatic carbocycles. The zero-order valence-electron chi connectivity index (χ0n) is 8.98. The summed E-state index contributed by atoms with van der Waals surface area (Å²) in [6.45, 7) is 0. The summed E-state index contributed by atoms with van der Waals surface area (Å²) in [6.07, 6.45) is 1.84. The zero-order valence-corrected chi connectivity index (χ0v) is 8.98. The molecule has 90 valence electrons. The maximum atomic E-state index is 13.5. The van der Waals surface area contributed by atoms with E-state index >= 15 is 0 Å². The molecule has 1 aliphatic rings. The van der Waals surface area contributed by atoms with Gasteiger partial charge in [-0.3, -0.25) is 9.98 Å². The van der Waals surface area contributed by atoms with Crippen LogP contribution in [0.15, 0.2) is 28.2 Å². The molecule has 0 aromatic heterocycles. The maximum Gasteiger partial charge on any atom is 0.148 e. The van der Waals surface area contributed by atoms with E-state index in [0.29, 0.717) is 0 Å². The highest BCUT2D eigenvalue weighted by Gasteiger charge is 2.34. The minimum Gasteiger partial charge on any atom is -0.307 e. The molecule has 2 rings (SSSR count). The lowest BCUT2D eigenvalue weighted by molar-refractivity contribution is 0.352. The van der Waals surface area contributed by atoms with Crippen molar-refractivity contribution >= 4 is 12.4 Å². The van der Waals surface area contributed by atoms with Gasteiger partial charge in [0.1, 0.15) is 23.5 Å². The molecule has 1 aliphatic heterocycles. The van der Waals surface area contributed by atoms with E-state index in [1.54, 1.807) is 0 Å². The molecular weight excluding hydrogens is 226 g/mol. The lowest BCUT2D eigenvalue weighted by Crippen LogP contribution is -2.56. The van der Waals surface area contributed by atoms with Crippen molar-refractivity contribution in [2.75, 3.05) is 0 Å². The number of benzene rings is 1. The van der Waals surface area contributed by atoms with E-state index in [1.165, 1.54) is 30.6 Å². The average Bonchev–Trinajstić information content (AvgIpc) is 2.28. The van der Waals surface area contributed by atoms with E-state index in [-0.39, 0.29) is 12.0 Å². The van der Waals surface area contributed by atoms with Crippen molar-refractivity contribution in [3.63, 3.8) is 0 Å². The van der Waals surface area contributed by atoms with E-state index < -0.39 is 23.5 Å². The predicted octanol–water partition coefficient (Wildman–Crippen LogP) is 0.602. The molecule has 6 heteroatoms. The standard InChI is InChI=1S/C11H12F2N4/c12-8-2-1-3-9(13)7(8)6-11(15)10(14)16-4-5-17-11/h1-5,10H,6,14-15H2. The van der Waals surface area contributed by atoms with E-state index in [9.17, 15) is 8.78 Å². The van der Waals surface area contributed by atoms with Crippen LogP contribution in [0.25, 0.3) is 0 Å². The monoisotopic (exact) mass is 238 g/mol. The summed E-state index contributed by atoms with van der Waals surface area (Å²) in [5, 5.41) is 0. The molecule has 1 aromatic rings. The molecule has 4 nitrogen and oxygen atoms in total. The second-order valence-electron chi connectivity index (χ2n) is 3.89. The van der Waals surface area contributed by atoms with Crippen LogP contribution < -0.4 is 11.5 Å². The van der Waals surface area contributed by atoms with Crippen LogP contribution in [-0.2, 0) is 6.42 Å². The lowest BCUT2D eigenvalue weighted by Gasteiger charge is -2.30. The van der Waals surface area contributed by atoms with Crippen LogP contribution in [0.1, 0.15) is 5.56 Å². The fourth-order valence-electron chi connectivity index (χ4n) is 1.64. The average molecular weight is 238 g/mol. The van der Waals surface area contributed by atoms with Crippen LogP contribution >= 0.6 is 0 Å². The Labute approximate surface area is 97.1 Å². The van der Waals surface area contributed by atoms with Crippen LogP contribution in [0.4, 0.5) is 8.78 Å². The molecule has 0 saturated carbocycles. The van der Waals surface area contributed by atoms with Gasteiger partial charge in [0.25, 0.3) is 0 Å². The first-order chi connectivity index (χ1) is 8.03. The normalized spacial score (nSPS) is 27.4. The Hall–Kier alpha value is -1.66. The van der Waals surface area contributed by atoms with E-state index in [1.807, 2.05) is 0 Å². The Morgan fingerprint density at radius 2 is 1.88 bits per heavy atom. The van der Waals surface area contributed by atoms with Crippen LogP contribution in [0.3, 0.4) is 0 Å². The number of halogens is 2. The molecule has 2 unspecified atom stereocenters. The Bertz CT molecular complexity index is 466. The smallest absolute Gasteiger partial charge is 0.148 e. The highest BCUT2D eigenvalue weighted by atomic mass is 19.1. The summed E-state index contributed by atoms with van der Waals surface area (Å²) >= 11 is 0. The van der Waals surface area contributed by atoms with Crippen molar-refractivity contribution in [3.05, 3.63) is 35.4 Å². The van der Waals surface area contributed by atoms with E-state index in [0.717, 1.165) is 0 Å². The molecule has 0 radical (unpaired) electrons. The second kappa shape index (κ2) is 4.31. The molecule has 17 heavy (non-hydrogen) atoms. The van der Waals surface area contributed by atoms with Gasteiger partial charge in [0.15, 0.2) is 0 Å². The Morgan fingerprint density at radius 3 is 2.47 bits per heavy atom. The summed E-state index contributed by atoms with van der Waals surface area (Å²) in [4.78, 5) is 7.84. The molecular formula is C11H12F2N4. The topological polar surface area (TPSA) is 76.8 Å². The quantitative estimate of drug-likeness (QED) is 0.791. The van der Waals surface area contributed by atoms with Gasteiger partial charge in [-0.05, 0) is 12.1 Å². The molecule has 1 aromatic carbocycles. The van der Waals surface area contributed by atoms with Crippen molar-refractivity contribution in [1.29, 1.82) is 0 Å².